The van der Waals surface area contributed by atoms with Gasteiger partial charge in [-0.05, 0) is 12.5 Å². The first kappa shape index (κ1) is 9.97. The number of hydrogen-bond donors (Lipinski definition) is 0. The quantitative estimate of drug-likeness (QED) is 0.504. The molecule has 0 spiro atoms. The topological polar surface area (TPSA) is 17.1 Å². The molecule has 13 heavy (non-hydrogen) atoms. The largest absolute Gasteiger partial charge is 0.294 e. The van der Waals surface area contributed by atoms with Gasteiger partial charge in [-0.25, -0.2) is 4.39 Å². The van der Waals surface area contributed by atoms with Gasteiger partial charge in [0.2, 0.25) is 0 Å². The zero-order chi connectivity index (χ0) is 9.84. The van der Waals surface area contributed by atoms with Crippen molar-refractivity contribution in [2.75, 3.05) is 0 Å². The van der Waals surface area contributed by atoms with Crippen molar-refractivity contribution in [2.45, 2.75) is 19.8 Å². The highest BCUT2D eigenvalue weighted by Gasteiger charge is 2.09. The zero-order valence-electron chi connectivity index (χ0n) is 7.51. The van der Waals surface area contributed by atoms with Gasteiger partial charge in [0, 0.05) is 12.0 Å². The van der Waals surface area contributed by atoms with E-state index < -0.39 is 5.82 Å². The fourth-order valence-electron chi connectivity index (χ4n) is 1.14. The van der Waals surface area contributed by atoms with E-state index in [0.717, 1.165) is 6.42 Å². The molecule has 0 saturated carbocycles. The highest BCUT2D eigenvalue weighted by molar-refractivity contribution is 6.36. The second-order valence-electron chi connectivity index (χ2n) is 2.87. The minimum absolute atomic E-state index is 0.0408. The van der Waals surface area contributed by atoms with Gasteiger partial charge in [-0.15, -0.1) is 0 Å². The fraction of sp³-hybridized carbons (Fsp3) is 0.300. The van der Waals surface area contributed by atoms with Crippen LogP contribution in [-0.4, -0.2) is 13.6 Å². The highest BCUT2D eigenvalue weighted by Crippen LogP contribution is 2.04. The van der Waals surface area contributed by atoms with E-state index in [4.69, 9.17) is 7.85 Å². The third-order valence-corrected chi connectivity index (χ3v) is 1.83. The van der Waals surface area contributed by atoms with Crippen LogP contribution < -0.4 is 5.46 Å². The van der Waals surface area contributed by atoms with Crippen LogP contribution >= 0.6 is 0 Å². The predicted octanol–water partition coefficient (Wildman–Crippen LogP) is 1.60. The maximum absolute atomic E-state index is 12.9. The Balaban J connectivity index is 3.01. The van der Waals surface area contributed by atoms with Crippen molar-refractivity contribution in [3.63, 3.8) is 0 Å². The zero-order valence-corrected chi connectivity index (χ0v) is 7.51. The first-order valence-corrected chi connectivity index (χ1v) is 4.24. The maximum Gasteiger partial charge on any atom is 0.162 e. The molecule has 66 valence electrons. The SMILES string of the molecule is [B]c1c(F)cccc1C(=O)CCC. The van der Waals surface area contributed by atoms with Crippen LogP contribution in [0.25, 0.3) is 0 Å². The van der Waals surface area contributed by atoms with Crippen LogP contribution in [0.3, 0.4) is 0 Å². The highest BCUT2D eigenvalue weighted by atomic mass is 19.1. The fourth-order valence-corrected chi connectivity index (χ4v) is 1.14. The van der Waals surface area contributed by atoms with Gasteiger partial charge in [0.05, 0.1) is 0 Å². The summed E-state index contributed by atoms with van der Waals surface area (Å²) in [5.41, 5.74) is 0.253. The second kappa shape index (κ2) is 4.22. The molecule has 2 radical (unpaired) electrons. The van der Waals surface area contributed by atoms with Gasteiger partial charge in [0.15, 0.2) is 5.78 Å². The van der Waals surface area contributed by atoms with Crippen molar-refractivity contribution >= 4 is 19.1 Å². The molecule has 0 aliphatic carbocycles. The lowest BCUT2D eigenvalue weighted by atomic mass is 9.87. The molecule has 0 amide bonds. The van der Waals surface area contributed by atoms with E-state index in [0.29, 0.717) is 12.0 Å². The van der Waals surface area contributed by atoms with Gasteiger partial charge < -0.3 is 0 Å². The summed E-state index contributed by atoms with van der Waals surface area (Å²) in [6.07, 6.45) is 1.16. The van der Waals surface area contributed by atoms with Crippen molar-refractivity contribution in [3.05, 3.63) is 29.6 Å². The summed E-state index contributed by atoms with van der Waals surface area (Å²) in [4.78, 5) is 11.4. The van der Waals surface area contributed by atoms with Gasteiger partial charge in [0.25, 0.3) is 0 Å². The summed E-state index contributed by atoms with van der Waals surface area (Å²) in [5.74, 6) is -0.624. The first-order chi connectivity index (χ1) is 6.16. The third-order valence-electron chi connectivity index (χ3n) is 1.83. The Labute approximate surface area is 78.4 Å². The van der Waals surface area contributed by atoms with Crippen molar-refractivity contribution < 1.29 is 9.18 Å². The molecule has 0 bridgehead atoms. The van der Waals surface area contributed by atoms with Crippen LogP contribution in [0.1, 0.15) is 30.1 Å². The lowest BCUT2D eigenvalue weighted by Crippen LogP contribution is -2.19. The molecule has 1 rings (SSSR count). The Morgan fingerprint density at radius 2 is 2.23 bits per heavy atom. The lowest BCUT2D eigenvalue weighted by Gasteiger charge is -2.04. The molecule has 0 heterocycles. The molecule has 3 heteroatoms. The Bertz CT molecular complexity index is 323. The molecule has 0 N–H and O–H groups in total. The van der Waals surface area contributed by atoms with Gasteiger partial charge >= 0.3 is 0 Å². The number of benzene rings is 1. The number of rotatable bonds is 3. The van der Waals surface area contributed by atoms with Crippen molar-refractivity contribution in [1.82, 2.24) is 0 Å². The standard InChI is InChI=1S/C10H10BFO/c1-2-4-9(13)7-5-3-6-8(12)10(7)11/h3,5-6H,2,4H2,1H3. The Morgan fingerprint density at radius 3 is 2.85 bits per heavy atom. The minimum atomic E-state index is -0.526. The van der Waals surface area contributed by atoms with E-state index in [9.17, 15) is 9.18 Å². The normalized spacial score (nSPS) is 10.0. The van der Waals surface area contributed by atoms with Gasteiger partial charge in [0.1, 0.15) is 13.7 Å². The van der Waals surface area contributed by atoms with E-state index in [1.807, 2.05) is 6.92 Å². The van der Waals surface area contributed by atoms with Crippen LogP contribution in [0.15, 0.2) is 18.2 Å². The molecular formula is C10H10BFO. The number of carbonyl (C=O) groups excluding carboxylic acids is 1. The molecule has 0 atom stereocenters. The second-order valence-corrected chi connectivity index (χ2v) is 2.87. The average molecular weight is 176 g/mol. The van der Waals surface area contributed by atoms with Gasteiger partial charge in [-0.1, -0.05) is 24.5 Å². The monoisotopic (exact) mass is 176 g/mol. The molecule has 0 aliphatic heterocycles. The molecule has 0 aliphatic rings. The number of halogens is 1. The Hall–Kier alpha value is -1.12. The number of Topliss-reactive ketones (excluding diaryl/α,β-unsaturated/α-hetero) is 1. The van der Waals surface area contributed by atoms with Crippen LogP contribution in [0, 0.1) is 5.82 Å². The van der Waals surface area contributed by atoms with Crippen LogP contribution in [-0.2, 0) is 0 Å². The predicted molar refractivity (Wildman–Crippen MR) is 51.0 cm³/mol. The molecule has 0 fully saturated rings. The van der Waals surface area contributed by atoms with E-state index in [1.54, 1.807) is 6.07 Å². The summed E-state index contributed by atoms with van der Waals surface area (Å²) in [6, 6.07) is 4.29. The molecular weight excluding hydrogens is 166 g/mol. The summed E-state index contributed by atoms with van der Waals surface area (Å²) >= 11 is 0. The summed E-state index contributed by atoms with van der Waals surface area (Å²) in [6.45, 7) is 1.90. The van der Waals surface area contributed by atoms with E-state index in [-0.39, 0.29) is 11.2 Å². The summed E-state index contributed by atoms with van der Waals surface area (Å²) in [7, 11) is 5.42. The van der Waals surface area contributed by atoms with Gasteiger partial charge in [-0.3, -0.25) is 4.79 Å². The first-order valence-electron chi connectivity index (χ1n) is 4.24. The molecule has 0 saturated heterocycles. The third kappa shape index (κ3) is 2.17. The van der Waals surface area contributed by atoms with Gasteiger partial charge in [-0.2, -0.15) is 0 Å². The van der Waals surface area contributed by atoms with Crippen LogP contribution in [0.5, 0.6) is 0 Å². The maximum atomic E-state index is 12.9. The smallest absolute Gasteiger partial charge is 0.162 e. The van der Waals surface area contributed by atoms with E-state index >= 15 is 0 Å². The lowest BCUT2D eigenvalue weighted by molar-refractivity contribution is 0.0982. The van der Waals surface area contributed by atoms with Crippen molar-refractivity contribution in [2.24, 2.45) is 0 Å². The van der Waals surface area contributed by atoms with Crippen LogP contribution in [0.2, 0.25) is 0 Å². The molecule has 0 aromatic heterocycles. The summed E-state index contributed by atoms with van der Waals surface area (Å²) < 4.78 is 12.9. The van der Waals surface area contributed by atoms with Crippen LogP contribution in [0.4, 0.5) is 4.39 Å². The number of hydrogen-bond acceptors (Lipinski definition) is 1. The molecule has 1 nitrogen and oxygen atoms in total. The average Bonchev–Trinajstić information content (AvgIpc) is 2.10. The molecule has 0 unspecified atom stereocenters. The molecule has 1 aromatic carbocycles. The van der Waals surface area contributed by atoms with Crippen molar-refractivity contribution in [3.8, 4) is 0 Å². The van der Waals surface area contributed by atoms with E-state index in [2.05, 4.69) is 0 Å². The number of ketones is 1. The Morgan fingerprint density at radius 1 is 1.54 bits per heavy atom. The minimum Gasteiger partial charge on any atom is -0.294 e. The Kier molecular flexibility index (Phi) is 3.23. The molecule has 1 aromatic rings. The van der Waals surface area contributed by atoms with E-state index in [1.165, 1.54) is 12.1 Å². The number of carbonyl (C=O) groups is 1. The van der Waals surface area contributed by atoms with Crippen molar-refractivity contribution in [1.29, 1.82) is 0 Å². The summed E-state index contributed by atoms with van der Waals surface area (Å²) in [5, 5.41) is 0.